The number of rotatable bonds is 6. The Morgan fingerprint density at radius 1 is 1.44 bits per heavy atom. The minimum Gasteiger partial charge on any atom is -0.368 e. The van der Waals surface area contributed by atoms with Gasteiger partial charge >= 0.3 is 12.3 Å². The van der Waals surface area contributed by atoms with Gasteiger partial charge in [0.15, 0.2) is 0 Å². The number of aromatic nitrogens is 2. The lowest BCUT2D eigenvalue weighted by Gasteiger charge is -2.14. The fourth-order valence-corrected chi connectivity index (χ4v) is 1.38. The van der Waals surface area contributed by atoms with E-state index in [2.05, 4.69) is 20.3 Å². The molecule has 0 saturated carbocycles. The molecule has 1 rings (SSSR count). The molecule has 0 unspecified atom stereocenters. The minimum atomic E-state index is -4.13. The van der Waals surface area contributed by atoms with Crippen molar-refractivity contribution in [2.45, 2.75) is 19.0 Å². The normalized spacial score (nSPS) is 12.1. The highest BCUT2D eigenvalue weighted by Gasteiger charge is 2.40. The molecule has 4 nitrogen and oxygen atoms in total. The Morgan fingerprint density at radius 2 is 2.12 bits per heavy atom. The van der Waals surface area contributed by atoms with Crippen molar-refractivity contribution in [1.82, 2.24) is 10.2 Å². The predicted molar refractivity (Wildman–Crippen MR) is 50.1 cm³/mol. The lowest BCUT2D eigenvalue weighted by Crippen LogP contribution is -2.32. The fraction of sp³-hybridized carbons (Fsp3) is 0.714. The maximum absolute atomic E-state index is 12.4. The Labute approximate surface area is 92.6 Å². The van der Waals surface area contributed by atoms with Crippen molar-refractivity contribution in [3.63, 3.8) is 0 Å². The SMILES string of the molecule is CNc1nnc(COCC(F)(F)C(F)F)s1. The van der Waals surface area contributed by atoms with Crippen molar-refractivity contribution in [2.24, 2.45) is 0 Å². The van der Waals surface area contributed by atoms with Crippen molar-refractivity contribution in [3.8, 4) is 0 Å². The van der Waals surface area contributed by atoms with Crippen LogP contribution in [0, 0.1) is 0 Å². The summed E-state index contributed by atoms with van der Waals surface area (Å²) in [5, 5.41) is 10.8. The second-order valence-electron chi connectivity index (χ2n) is 2.81. The fourth-order valence-electron chi connectivity index (χ4n) is 0.750. The second-order valence-corrected chi connectivity index (χ2v) is 3.87. The van der Waals surface area contributed by atoms with Crippen molar-refractivity contribution in [2.75, 3.05) is 19.0 Å². The molecule has 0 saturated heterocycles. The van der Waals surface area contributed by atoms with Crippen molar-refractivity contribution >= 4 is 16.5 Å². The molecule has 0 radical (unpaired) electrons. The summed E-state index contributed by atoms with van der Waals surface area (Å²) in [6.45, 7) is -1.60. The van der Waals surface area contributed by atoms with Gasteiger partial charge in [-0.05, 0) is 0 Å². The Kier molecular flexibility index (Phi) is 4.42. The number of ether oxygens (including phenoxy) is 1. The molecule has 16 heavy (non-hydrogen) atoms. The van der Waals surface area contributed by atoms with Crippen LogP contribution in [0.4, 0.5) is 22.7 Å². The van der Waals surface area contributed by atoms with Gasteiger partial charge in [-0.15, -0.1) is 10.2 Å². The number of anilines is 1. The van der Waals surface area contributed by atoms with Crippen LogP contribution in [0.3, 0.4) is 0 Å². The van der Waals surface area contributed by atoms with E-state index in [-0.39, 0.29) is 6.61 Å². The van der Waals surface area contributed by atoms with E-state index in [4.69, 9.17) is 0 Å². The molecule has 1 aromatic rings. The third kappa shape index (κ3) is 3.56. The van der Waals surface area contributed by atoms with E-state index < -0.39 is 19.0 Å². The summed E-state index contributed by atoms with van der Waals surface area (Å²) in [7, 11) is 1.62. The van der Waals surface area contributed by atoms with Crippen LogP contribution >= 0.6 is 11.3 Å². The molecule has 92 valence electrons. The average molecular weight is 259 g/mol. The molecule has 0 aliphatic carbocycles. The van der Waals surface area contributed by atoms with Crippen LogP contribution in [0.2, 0.25) is 0 Å². The molecule has 0 spiro atoms. The number of nitrogens with zero attached hydrogens (tertiary/aromatic N) is 2. The van der Waals surface area contributed by atoms with Gasteiger partial charge in [0.05, 0.1) is 0 Å². The largest absolute Gasteiger partial charge is 0.368 e. The summed E-state index contributed by atoms with van der Waals surface area (Å²) in [5.41, 5.74) is 0. The van der Waals surface area contributed by atoms with Gasteiger partial charge in [0, 0.05) is 7.05 Å². The molecule has 0 aromatic carbocycles. The first kappa shape index (κ1) is 13.1. The Balaban J connectivity index is 2.35. The van der Waals surface area contributed by atoms with E-state index in [0.717, 1.165) is 11.3 Å². The zero-order valence-electron chi connectivity index (χ0n) is 8.21. The number of halogens is 4. The number of nitrogens with one attached hydrogen (secondary N) is 1. The van der Waals surface area contributed by atoms with Crippen LogP contribution in [0.25, 0.3) is 0 Å². The van der Waals surface area contributed by atoms with E-state index in [9.17, 15) is 17.6 Å². The molecule has 0 aliphatic rings. The molecular formula is C7H9F4N3OS. The Hall–Kier alpha value is -0.960. The lowest BCUT2D eigenvalue weighted by molar-refractivity contribution is -0.168. The van der Waals surface area contributed by atoms with E-state index in [1.165, 1.54) is 0 Å². The first-order valence-electron chi connectivity index (χ1n) is 4.19. The number of hydrogen-bond acceptors (Lipinski definition) is 5. The molecule has 1 aromatic heterocycles. The summed E-state index contributed by atoms with van der Waals surface area (Å²) in [6, 6.07) is 0. The molecular weight excluding hydrogens is 250 g/mol. The average Bonchev–Trinajstić information content (AvgIpc) is 2.65. The Morgan fingerprint density at radius 3 is 2.62 bits per heavy atom. The van der Waals surface area contributed by atoms with Crippen LogP contribution in [0.1, 0.15) is 5.01 Å². The van der Waals surface area contributed by atoms with Crippen LogP contribution in [0.5, 0.6) is 0 Å². The van der Waals surface area contributed by atoms with Gasteiger partial charge in [-0.2, -0.15) is 8.78 Å². The van der Waals surface area contributed by atoms with Crippen molar-refractivity contribution in [3.05, 3.63) is 5.01 Å². The van der Waals surface area contributed by atoms with Crippen molar-refractivity contribution in [1.29, 1.82) is 0 Å². The van der Waals surface area contributed by atoms with Crippen LogP contribution in [-0.4, -0.2) is 36.2 Å². The zero-order valence-corrected chi connectivity index (χ0v) is 9.03. The molecule has 0 aliphatic heterocycles. The van der Waals surface area contributed by atoms with E-state index >= 15 is 0 Å². The number of hydrogen-bond donors (Lipinski definition) is 1. The molecule has 1 N–H and O–H groups in total. The Bertz CT molecular complexity index is 333. The lowest BCUT2D eigenvalue weighted by atomic mass is 10.4. The monoisotopic (exact) mass is 259 g/mol. The van der Waals surface area contributed by atoms with E-state index in [1.807, 2.05) is 0 Å². The molecule has 0 amide bonds. The molecule has 9 heteroatoms. The van der Waals surface area contributed by atoms with Gasteiger partial charge in [0.25, 0.3) is 0 Å². The third-order valence-electron chi connectivity index (χ3n) is 1.52. The topological polar surface area (TPSA) is 47.0 Å². The van der Waals surface area contributed by atoms with E-state index in [0.29, 0.717) is 10.1 Å². The molecule has 0 bridgehead atoms. The smallest absolute Gasteiger partial charge is 0.330 e. The minimum absolute atomic E-state index is 0.262. The highest BCUT2D eigenvalue weighted by atomic mass is 32.1. The summed E-state index contributed by atoms with van der Waals surface area (Å²) in [5.74, 6) is -4.13. The van der Waals surface area contributed by atoms with Gasteiger partial charge in [-0.1, -0.05) is 11.3 Å². The highest BCUT2D eigenvalue weighted by Crippen LogP contribution is 2.23. The second kappa shape index (κ2) is 5.39. The van der Waals surface area contributed by atoms with E-state index in [1.54, 1.807) is 7.05 Å². The summed E-state index contributed by atoms with van der Waals surface area (Å²) >= 11 is 1.10. The summed E-state index contributed by atoms with van der Waals surface area (Å²) in [4.78, 5) is 0. The van der Waals surface area contributed by atoms with Crippen LogP contribution in [0.15, 0.2) is 0 Å². The third-order valence-corrected chi connectivity index (χ3v) is 2.43. The highest BCUT2D eigenvalue weighted by molar-refractivity contribution is 7.15. The maximum atomic E-state index is 12.4. The standard InChI is InChI=1S/C7H9F4N3OS/c1-12-6-14-13-4(16-6)2-15-3-7(10,11)5(8)9/h5H,2-3H2,1H3,(H,12,14). The quantitative estimate of drug-likeness (QED) is 0.794. The van der Waals surface area contributed by atoms with Crippen molar-refractivity contribution < 1.29 is 22.3 Å². The first-order chi connectivity index (χ1) is 7.45. The molecule has 1 heterocycles. The summed E-state index contributed by atoms with van der Waals surface area (Å²) < 4.78 is 52.7. The summed E-state index contributed by atoms with van der Waals surface area (Å²) in [6.07, 6.45) is -3.73. The van der Waals surface area contributed by atoms with Crippen LogP contribution < -0.4 is 5.32 Å². The first-order valence-corrected chi connectivity index (χ1v) is 5.01. The number of alkyl halides is 4. The maximum Gasteiger partial charge on any atom is 0.330 e. The van der Waals surface area contributed by atoms with Gasteiger partial charge in [0.1, 0.15) is 18.2 Å². The molecule has 0 atom stereocenters. The molecule has 0 fully saturated rings. The van der Waals surface area contributed by atoms with Gasteiger partial charge in [-0.25, -0.2) is 8.78 Å². The van der Waals surface area contributed by atoms with Gasteiger partial charge < -0.3 is 10.1 Å². The predicted octanol–water partition coefficient (Wildman–Crippen LogP) is 2.00. The van der Waals surface area contributed by atoms with Gasteiger partial charge in [0.2, 0.25) is 5.13 Å². The van der Waals surface area contributed by atoms with Crippen LogP contribution in [-0.2, 0) is 11.3 Å². The zero-order chi connectivity index (χ0) is 12.2. The van der Waals surface area contributed by atoms with Gasteiger partial charge in [-0.3, -0.25) is 0 Å².